The fourth-order valence-electron chi connectivity index (χ4n) is 6.51. The largest absolute Gasteiger partial charge is 0.497 e. The molecule has 0 amide bonds. The van der Waals surface area contributed by atoms with E-state index in [1.54, 1.807) is 7.11 Å². The van der Waals surface area contributed by atoms with Gasteiger partial charge >= 0.3 is 0 Å². The molecule has 0 fully saturated rings. The third kappa shape index (κ3) is 2.65. The van der Waals surface area contributed by atoms with E-state index >= 15 is 0 Å². The molecule has 0 N–H and O–H groups in total. The van der Waals surface area contributed by atoms with Gasteiger partial charge in [-0.3, -0.25) is 0 Å². The van der Waals surface area contributed by atoms with E-state index < -0.39 is 0 Å². The van der Waals surface area contributed by atoms with E-state index in [-0.39, 0.29) is 5.41 Å². The molecule has 0 radical (unpaired) electrons. The zero-order valence-electron chi connectivity index (χ0n) is 20.0. The van der Waals surface area contributed by atoms with Crippen molar-refractivity contribution in [3.05, 3.63) is 137 Å². The minimum atomic E-state index is -0.321. The molecule has 4 aromatic carbocycles. The summed E-state index contributed by atoms with van der Waals surface area (Å²) >= 11 is 0. The molecule has 2 aliphatic carbocycles. The summed E-state index contributed by atoms with van der Waals surface area (Å²) in [6.07, 6.45) is 5.80. The summed E-state index contributed by atoms with van der Waals surface area (Å²) in [7, 11) is 1.72. The van der Waals surface area contributed by atoms with Crippen molar-refractivity contribution >= 4 is 11.4 Å². The van der Waals surface area contributed by atoms with Crippen LogP contribution in [0.5, 0.6) is 5.75 Å². The monoisotopic (exact) mass is 453 g/mol. The van der Waals surface area contributed by atoms with Crippen molar-refractivity contribution in [3.8, 4) is 16.9 Å². The fourth-order valence-corrected chi connectivity index (χ4v) is 6.51. The Labute approximate surface area is 206 Å². The Hall–Kier alpha value is -4.04. The van der Waals surface area contributed by atoms with Crippen LogP contribution in [0.1, 0.15) is 30.0 Å². The van der Waals surface area contributed by atoms with Gasteiger partial charge in [0.15, 0.2) is 0 Å². The number of benzene rings is 4. The van der Waals surface area contributed by atoms with Gasteiger partial charge in [-0.1, -0.05) is 85.8 Å². The van der Waals surface area contributed by atoms with Gasteiger partial charge in [0.05, 0.1) is 18.2 Å². The van der Waals surface area contributed by atoms with Crippen LogP contribution in [-0.4, -0.2) is 7.11 Å². The number of allylic oxidation sites excluding steroid dienone is 4. The van der Waals surface area contributed by atoms with Crippen LogP contribution < -0.4 is 9.64 Å². The Morgan fingerprint density at radius 3 is 2.00 bits per heavy atom. The van der Waals surface area contributed by atoms with E-state index in [1.165, 1.54) is 50.5 Å². The molecule has 0 bridgehead atoms. The number of rotatable bonds is 2. The van der Waals surface area contributed by atoms with Gasteiger partial charge in [-0.2, -0.15) is 0 Å². The van der Waals surface area contributed by atoms with Gasteiger partial charge in [-0.25, -0.2) is 0 Å². The molecule has 0 saturated carbocycles. The SMILES string of the molecule is COc1ccc(N2C3=C(C=CC(C)C3)C3(c4ccccc4-c4ccccc43)c3ccccc32)cc1. The second kappa shape index (κ2) is 7.48. The second-order valence-electron chi connectivity index (χ2n) is 9.79. The molecule has 0 aromatic heterocycles. The zero-order chi connectivity index (χ0) is 23.6. The maximum atomic E-state index is 5.46. The van der Waals surface area contributed by atoms with E-state index in [0.717, 1.165) is 12.2 Å². The lowest BCUT2D eigenvalue weighted by Gasteiger charge is -2.47. The van der Waals surface area contributed by atoms with Crippen molar-refractivity contribution in [2.24, 2.45) is 5.92 Å². The molecule has 1 spiro atoms. The highest BCUT2D eigenvalue weighted by atomic mass is 16.5. The molecule has 1 aliphatic heterocycles. The molecule has 3 aliphatic rings. The maximum Gasteiger partial charge on any atom is 0.119 e. The third-order valence-corrected chi connectivity index (χ3v) is 7.92. The van der Waals surface area contributed by atoms with Gasteiger partial charge in [0.2, 0.25) is 0 Å². The van der Waals surface area contributed by atoms with Gasteiger partial charge in [0.25, 0.3) is 0 Å². The van der Waals surface area contributed by atoms with Crippen molar-refractivity contribution in [1.82, 2.24) is 0 Å². The summed E-state index contributed by atoms with van der Waals surface area (Å²) in [6.45, 7) is 2.32. The lowest BCUT2D eigenvalue weighted by atomic mass is 9.62. The quantitative estimate of drug-likeness (QED) is 0.305. The van der Waals surface area contributed by atoms with Crippen LogP contribution in [0, 0.1) is 5.92 Å². The highest BCUT2D eigenvalue weighted by Gasteiger charge is 2.52. The van der Waals surface area contributed by atoms with Gasteiger partial charge in [0.1, 0.15) is 5.75 Å². The Bertz CT molecular complexity index is 1480. The van der Waals surface area contributed by atoms with Gasteiger partial charge in [-0.15, -0.1) is 0 Å². The summed E-state index contributed by atoms with van der Waals surface area (Å²) < 4.78 is 5.46. The standard InChI is InChI=1S/C33H27NO/c1-22-15-20-30-32(21-22)34(23-16-18-24(35-2)19-17-23)31-14-8-7-13-29(31)33(30)27-11-5-3-9-25(27)26-10-4-6-12-28(26)33/h3-20,22H,21H2,1-2H3. The highest BCUT2D eigenvalue weighted by Crippen LogP contribution is 2.62. The van der Waals surface area contributed by atoms with Crippen LogP contribution in [-0.2, 0) is 5.41 Å². The fraction of sp³-hybridized carbons (Fsp3) is 0.152. The first-order chi connectivity index (χ1) is 17.2. The summed E-state index contributed by atoms with van der Waals surface area (Å²) in [6, 6.07) is 35.4. The molecule has 0 saturated heterocycles. The molecule has 35 heavy (non-hydrogen) atoms. The highest BCUT2D eigenvalue weighted by molar-refractivity contribution is 5.92. The van der Waals surface area contributed by atoms with Gasteiger partial charge in [-0.05, 0) is 76.1 Å². The van der Waals surface area contributed by atoms with E-state index in [0.29, 0.717) is 5.92 Å². The number of nitrogens with zero attached hydrogens (tertiary/aromatic N) is 1. The van der Waals surface area contributed by atoms with Gasteiger partial charge < -0.3 is 9.64 Å². The first-order valence-corrected chi connectivity index (χ1v) is 12.4. The second-order valence-corrected chi connectivity index (χ2v) is 9.79. The van der Waals surface area contributed by atoms with Crippen LogP contribution in [0.2, 0.25) is 0 Å². The molecule has 4 aromatic rings. The van der Waals surface area contributed by atoms with E-state index in [2.05, 4.69) is 121 Å². The van der Waals surface area contributed by atoms with Crippen LogP contribution in [0.4, 0.5) is 11.4 Å². The third-order valence-electron chi connectivity index (χ3n) is 7.92. The normalized spacial score (nSPS) is 18.7. The lowest BCUT2D eigenvalue weighted by Crippen LogP contribution is -2.40. The van der Waals surface area contributed by atoms with Crippen LogP contribution in [0.25, 0.3) is 11.1 Å². The van der Waals surface area contributed by atoms with Crippen LogP contribution in [0.15, 0.2) is 120 Å². The molecule has 2 nitrogen and oxygen atoms in total. The van der Waals surface area contributed by atoms with Crippen molar-refractivity contribution in [2.75, 3.05) is 12.0 Å². The number of hydrogen-bond donors (Lipinski definition) is 0. The van der Waals surface area contributed by atoms with Gasteiger partial charge in [0, 0.05) is 11.4 Å². The molecule has 1 heterocycles. The summed E-state index contributed by atoms with van der Waals surface area (Å²) in [5.41, 5.74) is 11.7. The summed E-state index contributed by atoms with van der Waals surface area (Å²) in [4.78, 5) is 2.49. The molecule has 7 rings (SSSR count). The predicted octanol–water partition coefficient (Wildman–Crippen LogP) is 8.01. The number of fused-ring (bicyclic) bond motifs is 8. The zero-order valence-corrected chi connectivity index (χ0v) is 20.0. The first-order valence-electron chi connectivity index (χ1n) is 12.4. The molecule has 1 atom stereocenters. The van der Waals surface area contributed by atoms with E-state index in [9.17, 15) is 0 Å². The summed E-state index contributed by atoms with van der Waals surface area (Å²) in [5.74, 6) is 1.35. The maximum absolute atomic E-state index is 5.46. The molecule has 2 heteroatoms. The Morgan fingerprint density at radius 2 is 1.34 bits per heavy atom. The smallest absolute Gasteiger partial charge is 0.119 e. The minimum Gasteiger partial charge on any atom is -0.497 e. The first kappa shape index (κ1) is 20.3. The molecular weight excluding hydrogens is 426 g/mol. The molecular formula is C33H27NO. The van der Waals surface area contributed by atoms with Crippen molar-refractivity contribution < 1.29 is 4.74 Å². The number of anilines is 2. The van der Waals surface area contributed by atoms with Crippen LogP contribution in [0.3, 0.4) is 0 Å². The Morgan fingerprint density at radius 1 is 0.743 bits per heavy atom. The van der Waals surface area contributed by atoms with E-state index in [1.807, 2.05) is 0 Å². The number of para-hydroxylation sites is 1. The number of hydrogen-bond acceptors (Lipinski definition) is 2. The van der Waals surface area contributed by atoms with Crippen LogP contribution >= 0.6 is 0 Å². The Kier molecular flexibility index (Phi) is 4.35. The minimum absolute atomic E-state index is 0.321. The van der Waals surface area contributed by atoms with Crippen molar-refractivity contribution in [2.45, 2.75) is 18.8 Å². The van der Waals surface area contributed by atoms with E-state index in [4.69, 9.17) is 4.74 Å². The molecule has 170 valence electrons. The average molecular weight is 454 g/mol. The predicted molar refractivity (Wildman–Crippen MR) is 143 cm³/mol. The summed E-state index contributed by atoms with van der Waals surface area (Å²) in [5, 5.41) is 0. The topological polar surface area (TPSA) is 12.5 Å². The average Bonchev–Trinajstić information content (AvgIpc) is 3.20. The molecule has 1 unspecified atom stereocenters. The number of methoxy groups -OCH3 is 1. The van der Waals surface area contributed by atoms with Crippen molar-refractivity contribution in [1.29, 1.82) is 0 Å². The number of ether oxygens (including phenoxy) is 1. The van der Waals surface area contributed by atoms with Crippen molar-refractivity contribution in [3.63, 3.8) is 0 Å². The Balaban J connectivity index is 1.61. The lowest BCUT2D eigenvalue weighted by molar-refractivity contribution is 0.415.